The molecule has 0 spiro atoms. The van der Waals surface area contributed by atoms with Crippen LogP contribution in [0, 0.1) is 13.8 Å². The Morgan fingerprint density at radius 2 is 2.05 bits per heavy atom. The third-order valence-corrected chi connectivity index (χ3v) is 2.79. The maximum Gasteiger partial charge on any atom is 0.408 e. The summed E-state index contributed by atoms with van der Waals surface area (Å²) in [5, 5.41) is 15.4. The summed E-state index contributed by atoms with van der Waals surface area (Å²) in [7, 11) is 0. The third kappa shape index (κ3) is 4.84. The highest BCUT2D eigenvalue weighted by molar-refractivity contribution is 5.79. The van der Waals surface area contributed by atoms with E-state index in [9.17, 15) is 18.0 Å². The molecular formula is C12H18F3N3O2. The van der Waals surface area contributed by atoms with E-state index in [1.54, 1.807) is 6.92 Å². The van der Waals surface area contributed by atoms with Gasteiger partial charge in [-0.2, -0.15) is 18.3 Å². The number of halogens is 3. The molecule has 114 valence electrons. The highest BCUT2D eigenvalue weighted by Crippen LogP contribution is 2.21. The first-order valence-electron chi connectivity index (χ1n) is 6.14. The third-order valence-electron chi connectivity index (χ3n) is 2.79. The zero-order valence-electron chi connectivity index (χ0n) is 11.6. The lowest BCUT2D eigenvalue weighted by Gasteiger charge is -2.09. The number of aromatic nitrogens is 2. The normalized spacial score (nSPS) is 13.3. The Morgan fingerprint density at radius 3 is 2.55 bits per heavy atom. The van der Waals surface area contributed by atoms with Crippen LogP contribution < -0.4 is 5.32 Å². The Bertz CT molecular complexity index is 481. The van der Waals surface area contributed by atoms with Gasteiger partial charge in [0.2, 0.25) is 5.91 Å². The molecule has 1 unspecified atom stereocenters. The first-order chi connectivity index (χ1) is 9.10. The van der Waals surface area contributed by atoms with Crippen LogP contribution >= 0.6 is 0 Å². The summed E-state index contributed by atoms with van der Waals surface area (Å²) in [6, 6.07) is 0. The van der Waals surface area contributed by atoms with Gasteiger partial charge >= 0.3 is 6.18 Å². The zero-order valence-corrected chi connectivity index (χ0v) is 11.6. The molecule has 0 bridgehead atoms. The van der Waals surface area contributed by atoms with E-state index >= 15 is 0 Å². The van der Waals surface area contributed by atoms with Crippen LogP contribution in [0.2, 0.25) is 0 Å². The van der Waals surface area contributed by atoms with Gasteiger partial charge in [0.1, 0.15) is 6.54 Å². The molecule has 20 heavy (non-hydrogen) atoms. The van der Waals surface area contributed by atoms with E-state index in [0.717, 1.165) is 4.68 Å². The van der Waals surface area contributed by atoms with Crippen molar-refractivity contribution in [2.24, 2.45) is 0 Å². The van der Waals surface area contributed by atoms with Crippen molar-refractivity contribution in [3.05, 3.63) is 17.0 Å². The van der Waals surface area contributed by atoms with Crippen molar-refractivity contribution in [2.45, 2.75) is 46.0 Å². The lowest BCUT2D eigenvalue weighted by molar-refractivity contribution is -0.142. The number of aryl methyl sites for hydroxylation is 1. The fraction of sp³-hybridized carbons (Fsp3) is 0.667. The zero-order chi connectivity index (χ0) is 15.5. The van der Waals surface area contributed by atoms with Gasteiger partial charge < -0.3 is 10.4 Å². The van der Waals surface area contributed by atoms with Crippen LogP contribution in [0.25, 0.3) is 0 Å². The van der Waals surface area contributed by atoms with E-state index in [4.69, 9.17) is 5.11 Å². The number of carbonyl (C=O) groups is 1. The molecule has 5 nitrogen and oxygen atoms in total. The summed E-state index contributed by atoms with van der Waals surface area (Å²) < 4.78 is 38.0. The summed E-state index contributed by atoms with van der Waals surface area (Å²) >= 11 is 0. The number of nitrogens with one attached hydrogen (secondary N) is 1. The second-order valence-electron chi connectivity index (χ2n) is 4.75. The van der Waals surface area contributed by atoms with Gasteiger partial charge in [-0.05, 0) is 20.8 Å². The van der Waals surface area contributed by atoms with E-state index in [-0.39, 0.29) is 18.9 Å². The molecule has 1 aromatic rings. The van der Waals surface area contributed by atoms with E-state index < -0.39 is 18.8 Å². The van der Waals surface area contributed by atoms with Gasteiger partial charge in [-0.15, -0.1) is 0 Å². The van der Waals surface area contributed by atoms with Gasteiger partial charge in [0.15, 0.2) is 0 Å². The van der Waals surface area contributed by atoms with Crippen LogP contribution in [0.4, 0.5) is 13.2 Å². The average Bonchev–Trinajstić information content (AvgIpc) is 2.52. The minimum Gasteiger partial charge on any atom is -0.392 e. The molecule has 0 aliphatic rings. The molecule has 1 heterocycles. The number of alkyl halides is 3. The number of nitrogens with zero attached hydrogens (tertiary/aromatic N) is 2. The number of amides is 1. The number of carbonyl (C=O) groups excluding carboxylic acids is 1. The molecule has 0 saturated carbocycles. The largest absolute Gasteiger partial charge is 0.408 e. The van der Waals surface area contributed by atoms with Crippen LogP contribution in [0.1, 0.15) is 23.9 Å². The van der Waals surface area contributed by atoms with Gasteiger partial charge in [0, 0.05) is 17.8 Å². The Balaban J connectivity index is 2.78. The fourth-order valence-corrected chi connectivity index (χ4v) is 1.80. The van der Waals surface area contributed by atoms with Crippen molar-refractivity contribution in [1.82, 2.24) is 15.1 Å². The molecule has 2 N–H and O–H groups in total. The van der Waals surface area contributed by atoms with Gasteiger partial charge in [0.25, 0.3) is 0 Å². The second-order valence-corrected chi connectivity index (χ2v) is 4.75. The molecule has 0 aliphatic carbocycles. The molecule has 8 heteroatoms. The Labute approximate surface area is 114 Å². The quantitative estimate of drug-likeness (QED) is 0.854. The molecular weight excluding hydrogens is 275 g/mol. The lowest BCUT2D eigenvalue weighted by Crippen LogP contribution is -2.31. The molecule has 1 rings (SSSR count). The minimum absolute atomic E-state index is 0.0533. The van der Waals surface area contributed by atoms with Crippen molar-refractivity contribution in [3.63, 3.8) is 0 Å². The van der Waals surface area contributed by atoms with Gasteiger partial charge in [0.05, 0.1) is 18.2 Å². The Morgan fingerprint density at radius 1 is 1.45 bits per heavy atom. The van der Waals surface area contributed by atoms with Crippen LogP contribution in [-0.4, -0.2) is 39.6 Å². The molecule has 0 aliphatic heterocycles. The number of hydrogen-bond donors (Lipinski definition) is 2. The lowest BCUT2D eigenvalue weighted by atomic mass is 10.1. The average molecular weight is 293 g/mol. The van der Waals surface area contributed by atoms with E-state index in [1.807, 2.05) is 0 Å². The smallest absolute Gasteiger partial charge is 0.392 e. The molecule has 0 aromatic carbocycles. The van der Waals surface area contributed by atoms with Gasteiger partial charge in [-0.25, -0.2) is 0 Å². The maximum atomic E-state index is 12.4. The number of rotatable bonds is 5. The maximum absolute atomic E-state index is 12.4. The Hall–Kier alpha value is -1.57. The summed E-state index contributed by atoms with van der Waals surface area (Å²) in [5.41, 5.74) is 1.21. The predicted octanol–water partition coefficient (Wildman–Crippen LogP) is 1.10. The monoisotopic (exact) mass is 293 g/mol. The number of aliphatic hydroxyl groups is 1. The molecule has 0 fully saturated rings. The minimum atomic E-state index is -4.35. The SMILES string of the molecule is Cc1nn(CC(F)(F)F)c(C)c1CC(=O)NCC(C)O. The molecule has 0 saturated heterocycles. The predicted molar refractivity (Wildman–Crippen MR) is 66.2 cm³/mol. The van der Waals surface area contributed by atoms with E-state index in [2.05, 4.69) is 10.4 Å². The van der Waals surface area contributed by atoms with Crippen LogP contribution in [-0.2, 0) is 17.8 Å². The van der Waals surface area contributed by atoms with Crippen LogP contribution in [0.15, 0.2) is 0 Å². The van der Waals surface area contributed by atoms with Crippen molar-refractivity contribution in [2.75, 3.05) is 6.54 Å². The van der Waals surface area contributed by atoms with Crippen molar-refractivity contribution >= 4 is 5.91 Å². The summed E-state index contributed by atoms with van der Waals surface area (Å²) in [4.78, 5) is 11.6. The van der Waals surface area contributed by atoms with E-state index in [0.29, 0.717) is 17.0 Å². The molecule has 1 atom stereocenters. The highest BCUT2D eigenvalue weighted by Gasteiger charge is 2.30. The summed E-state index contributed by atoms with van der Waals surface area (Å²) in [6.07, 6.45) is -5.08. The fourth-order valence-electron chi connectivity index (χ4n) is 1.80. The van der Waals surface area contributed by atoms with Gasteiger partial charge in [-0.3, -0.25) is 9.48 Å². The van der Waals surface area contributed by atoms with Crippen molar-refractivity contribution in [1.29, 1.82) is 0 Å². The first-order valence-corrected chi connectivity index (χ1v) is 6.14. The first kappa shape index (κ1) is 16.5. The van der Waals surface area contributed by atoms with E-state index in [1.165, 1.54) is 13.8 Å². The van der Waals surface area contributed by atoms with Crippen LogP contribution in [0.3, 0.4) is 0 Å². The number of hydrogen-bond acceptors (Lipinski definition) is 3. The topological polar surface area (TPSA) is 67.2 Å². The molecule has 0 radical (unpaired) electrons. The Kier molecular flexibility index (Phi) is 5.15. The van der Waals surface area contributed by atoms with Gasteiger partial charge in [-0.1, -0.05) is 0 Å². The van der Waals surface area contributed by atoms with Crippen molar-refractivity contribution < 1.29 is 23.1 Å². The second kappa shape index (κ2) is 6.25. The highest BCUT2D eigenvalue weighted by atomic mass is 19.4. The molecule has 1 aromatic heterocycles. The van der Waals surface area contributed by atoms with Crippen LogP contribution in [0.5, 0.6) is 0 Å². The summed E-state index contributed by atoms with van der Waals surface area (Å²) in [5.74, 6) is -0.358. The standard InChI is InChI=1S/C12H18F3N3O2/c1-7(19)5-16-11(20)4-10-8(2)17-18(9(10)3)6-12(13,14)15/h7,19H,4-6H2,1-3H3,(H,16,20). The summed E-state index contributed by atoms with van der Waals surface area (Å²) in [6.45, 7) is 3.53. The number of aliphatic hydroxyl groups excluding tert-OH is 1. The van der Waals surface area contributed by atoms with Crippen molar-refractivity contribution in [3.8, 4) is 0 Å². The molecule has 1 amide bonds.